The van der Waals surface area contributed by atoms with Crippen LogP contribution in [0.2, 0.25) is 0 Å². The second-order valence-corrected chi connectivity index (χ2v) is 5.90. The van der Waals surface area contributed by atoms with E-state index in [4.69, 9.17) is 4.74 Å². The highest BCUT2D eigenvalue weighted by Gasteiger charge is 2.37. The number of benzene rings is 1. The number of aromatic nitrogens is 3. The molecule has 2 heterocycles. The first-order valence-electron chi connectivity index (χ1n) is 8.21. The third kappa shape index (κ3) is 4.21. The maximum atomic E-state index is 12.5. The summed E-state index contributed by atoms with van der Waals surface area (Å²) in [6, 6.07) is 8.84. The molecule has 0 bridgehead atoms. The van der Waals surface area contributed by atoms with Gasteiger partial charge in [0, 0.05) is 26.3 Å². The molecule has 1 saturated heterocycles. The van der Waals surface area contributed by atoms with Crippen molar-refractivity contribution in [2.24, 2.45) is 0 Å². The maximum absolute atomic E-state index is 12.5. The van der Waals surface area contributed by atoms with E-state index in [1.54, 1.807) is 18.0 Å². The standard InChI is InChI=1S/C17H21N5O3/c1-25-10-9-21-12-14(19-20-21)11-15-16(23)22(17(24)18-15)8-7-13-5-3-2-4-6-13/h2-6,12,15H,7-11H2,1H3,(H,18,24)/t15-/m0/s1. The Bertz CT molecular complexity index is 731. The van der Waals surface area contributed by atoms with Crippen molar-refractivity contribution >= 4 is 11.9 Å². The van der Waals surface area contributed by atoms with Crippen molar-refractivity contribution in [3.63, 3.8) is 0 Å². The second-order valence-electron chi connectivity index (χ2n) is 5.90. The molecule has 1 atom stereocenters. The third-order valence-electron chi connectivity index (χ3n) is 4.10. The Morgan fingerprint density at radius 3 is 2.76 bits per heavy atom. The van der Waals surface area contributed by atoms with Crippen LogP contribution in [0.3, 0.4) is 0 Å². The van der Waals surface area contributed by atoms with E-state index in [0.29, 0.717) is 38.2 Å². The first kappa shape index (κ1) is 17.1. The molecule has 0 unspecified atom stereocenters. The number of ether oxygens (including phenoxy) is 1. The van der Waals surface area contributed by atoms with Crippen molar-refractivity contribution in [2.45, 2.75) is 25.4 Å². The molecule has 1 aliphatic rings. The monoisotopic (exact) mass is 343 g/mol. The summed E-state index contributed by atoms with van der Waals surface area (Å²) in [4.78, 5) is 25.8. The van der Waals surface area contributed by atoms with E-state index >= 15 is 0 Å². The molecule has 0 radical (unpaired) electrons. The van der Waals surface area contributed by atoms with Gasteiger partial charge in [-0.15, -0.1) is 5.10 Å². The average molecular weight is 343 g/mol. The molecule has 1 aliphatic heterocycles. The Labute approximate surface area is 145 Å². The predicted octanol–water partition coefficient (Wildman–Crippen LogP) is 0.630. The fraction of sp³-hybridized carbons (Fsp3) is 0.412. The summed E-state index contributed by atoms with van der Waals surface area (Å²) >= 11 is 0. The first-order valence-corrected chi connectivity index (χ1v) is 8.21. The molecule has 3 rings (SSSR count). The number of carbonyl (C=O) groups excluding carboxylic acids is 2. The first-order chi connectivity index (χ1) is 12.2. The maximum Gasteiger partial charge on any atom is 0.324 e. The van der Waals surface area contributed by atoms with Crippen LogP contribution in [-0.2, 0) is 28.9 Å². The summed E-state index contributed by atoms with van der Waals surface area (Å²) in [5.74, 6) is -0.215. The number of amides is 3. The van der Waals surface area contributed by atoms with Gasteiger partial charge in [0.1, 0.15) is 6.04 Å². The van der Waals surface area contributed by atoms with Gasteiger partial charge in [-0.2, -0.15) is 0 Å². The lowest BCUT2D eigenvalue weighted by molar-refractivity contribution is -0.127. The molecule has 1 aromatic carbocycles. The summed E-state index contributed by atoms with van der Waals surface area (Å²) in [7, 11) is 1.62. The zero-order valence-corrected chi connectivity index (χ0v) is 14.1. The molecule has 1 N–H and O–H groups in total. The van der Waals surface area contributed by atoms with Crippen LogP contribution in [-0.4, -0.2) is 58.1 Å². The molecule has 2 aromatic rings. The highest BCUT2D eigenvalue weighted by molar-refractivity contribution is 6.04. The normalized spacial score (nSPS) is 17.2. The fourth-order valence-electron chi connectivity index (χ4n) is 2.75. The predicted molar refractivity (Wildman–Crippen MR) is 89.8 cm³/mol. The summed E-state index contributed by atoms with van der Waals surface area (Å²) in [5, 5.41) is 10.8. The van der Waals surface area contributed by atoms with E-state index in [0.717, 1.165) is 5.56 Å². The van der Waals surface area contributed by atoms with Gasteiger partial charge in [0.05, 0.1) is 18.8 Å². The van der Waals surface area contributed by atoms with E-state index < -0.39 is 6.04 Å². The Morgan fingerprint density at radius 2 is 2.00 bits per heavy atom. The van der Waals surface area contributed by atoms with Crippen molar-refractivity contribution < 1.29 is 14.3 Å². The van der Waals surface area contributed by atoms with Crippen LogP contribution < -0.4 is 5.32 Å². The van der Waals surface area contributed by atoms with Gasteiger partial charge >= 0.3 is 6.03 Å². The van der Waals surface area contributed by atoms with Gasteiger partial charge in [-0.05, 0) is 12.0 Å². The number of methoxy groups -OCH3 is 1. The molecule has 3 amide bonds. The highest BCUT2D eigenvalue weighted by Crippen LogP contribution is 2.12. The van der Waals surface area contributed by atoms with E-state index in [9.17, 15) is 9.59 Å². The van der Waals surface area contributed by atoms with Crippen LogP contribution in [0, 0.1) is 0 Å². The van der Waals surface area contributed by atoms with Crippen molar-refractivity contribution in [2.75, 3.05) is 20.3 Å². The highest BCUT2D eigenvalue weighted by atomic mass is 16.5. The molecule has 132 valence electrons. The van der Waals surface area contributed by atoms with Crippen LogP contribution in [0.4, 0.5) is 4.79 Å². The third-order valence-corrected chi connectivity index (χ3v) is 4.10. The van der Waals surface area contributed by atoms with Crippen LogP contribution in [0.1, 0.15) is 11.3 Å². The number of rotatable bonds is 8. The molecule has 8 heteroatoms. The minimum absolute atomic E-state index is 0.215. The SMILES string of the molecule is COCCn1cc(C[C@@H]2NC(=O)N(CCc3ccccc3)C2=O)nn1. The average Bonchev–Trinajstić information content (AvgIpc) is 3.17. The van der Waals surface area contributed by atoms with Gasteiger partial charge in [-0.3, -0.25) is 9.69 Å². The van der Waals surface area contributed by atoms with Gasteiger partial charge in [-0.1, -0.05) is 35.5 Å². The summed E-state index contributed by atoms with van der Waals surface area (Å²) in [5.41, 5.74) is 1.76. The fourth-order valence-corrected chi connectivity index (χ4v) is 2.75. The molecule has 25 heavy (non-hydrogen) atoms. The zero-order valence-electron chi connectivity index (χ0n) is 14.1. The van der Waals surface area contributed by atoms with Crippen molar-refractivity contribution in [3.05, 3.63) is 47.8 Å². The van der Waals surface area contributed by atoms with Gasteiger partial charge in [0.15, 0.2) is 0 Å². The smallest absolute Gasteiger partial charge is 0.324 e. The van der Waals surface area contributed by atoms with Crippen LogP contribution in [0.15, 0.2) is 36.5 Å². The van der Waals surface area contributed by atoms with E-state index in [2.05, 4.69) is 15.6 Å². The number of hydrogen-bond donors (Lipinski definition) is 1. The Hall–Kier alpha value is -2.74. The molecule has 1 fully saturated rings. The Balaban J connectivity index is 1.56. The number of urea groups is 1. The molecule has 8 nitrogen and oxygen atoms in total. The minimum atomic E-state index is -0.587. The number of imide groups is 1. The Morgan fingerprint density at radius 1 is 1.20 bits per heavy atom. The number of carbonyl (C=O) groups is 2. The lowest BCUT2D eigenvalue weighted by Gasteiger charge is -2.12. The van der Waals surface area contributed by atoms with E-state index in [1.165, 1.54) is 4.90 Å². The second kappa shape index (κ2) is 7.89. The van der Waals surface area contributed by atoms with Crippen LogP contribution in [0.5, 0.6) is 0 Å². The van der Waals surface area contributed by atoms with Gasteiger partial charge in [-0.25, -0.2) is 9.48 Å². The van der Waals surface area contributed by atoms with Gasteiger partial charge < -0.3 is 10.1 Å². The quantitative estimate of drug-likeness (QED) is 0.710. The van der Waals surface area contributed by atoms with E-state index in [1.807, 2.05) is 30.3 Å². The van der Waals surface area contributed by atoms with E-state index in [-0.39, 0.29) is 11.9 Å². The summed E-state index contributed by atoms with van der Waals surface area (Å²) in [6.07, 6.45) is 2.74. The van der Waals surface area contributed by atoms with Crippen molar-refractivity contribution in [3.8, 4) is 0 Å². The van der Waals surface area contributed by atoms with Gasteiger partial charge in [0.25, 0.3) is 5.91 Å². The molecular weight excluding hydrogens is 322 g/mol. The molecule has 0 spiro atoms. The van der Waals surface area contributed by atoms with Crippen LogP contribution in [0.25, 0.3) is 0 Å². The molecular formula is C17H21N5O3. The number of nitrogens with zero attached hydrogens (tertiary/aromatic N) is 4. The molecule has 0 aliphatic carbocycles. The topological polar surface area (TPSA) is 89.4 Å². The number of nitrogens with one attached hydrogen (secondary N) is 1. The van der Waals surface area contributed by atoms with Crippen molar-refractivity contribution in [1.29, 1.82) is 0 Å². The van der Waals surface area contributed by atoms with Gasteiger partial charge in [0.2, 0.25) is 0 Å². The lowest BCUT2D eigenvalue weighted by atomic mass is 10.1. The molecule has 1 aromatic heterocycles. The summed E-state index contributed by atoms with van der Waals surface area (Å²) < 4.78 is 6.65. The minimum Gasteiger partial charge on any atom is -0.383 e. The number of hydrogen-bond acceptors (Lipinski definition) is 5. The zero-order chi connectivity index (χ0) is 17.6. The van der Waals surface area contributed by atoms with Crippen molar-refractivity contribution in [1.82, 2.24) is 25.2 Å². The Kier molecular flexibility index (Phi) is 5.39. The molecule has 0 saturated carbocycles. The lowest BCUT2D eigenvalue weighted by Crippen LogP contribution is -2.34. The van der Waals surface area contributed by atoms with Crippen LogP contribution >= 0.6 is 0 Å². The summed E-state index contributed by atoms with van der Waals surface area (Å²) in [6.45, 7) is 1.50. The largest absolute Gasteiger partial charge is 0.383 e.